The highest BCUT2D eigenvalue weighted by atomic mass is 16.3. The van der Waals surface area contributed by atoms with Crippen LogP contribution in [0, 0.1) is 12.8 Å². The van der Waals surface area contributed by atoms with Gasteiger partial charge in [-0.05, 0) is 37.3 Å². The molecule has 2 heteroatoms. The molecular formula is C14H21NO. The van der Waals surface area contributed by atoms with Gasteiger partial charge in [0, 0.05) is 11.3 Å². The Hall–Kier alpha value is -1.02. The monoisotopic (exact) mass is 219 g/mol. The van der Waals surface area contributed by atoms with Gasteiger partial charge in [-0.3, -0.25) is 0 Å². The molecule has 1 atom stereocenters. The fourth-order valence-corrected chi connectivity index (χ4v) is 2.67. The number of rotatable bonds is 2. The lowest BCUT2D eigenvalue weighted by atomic mass is 9.82. The van der Waals surface area contributed by atoms with Gasteiger partial charge >= 0.3 is 0 Å². The predicted octanol–water partition coefficient (Wildman–Crippen LogP) is 3.19. The number of aliphatic hydroxyl groups excluding tert-OH is 1. The molecule has 1 aromatic carbocycles. The summed E-state index contributed by atoms with van der Waals surface area (Å²) in [5.41, 5.74) is 8.77. The Morgan fingerprint density at radius 1 is 1.25 bits per heavy atom. The van der Waals surface area contributed by atoms with Crippen LogP contribution >= 0.6 is 0 Å². The number of nitrogen functional groups attached to an aromatic ring is 1. The smallest absolute Gasteiger partial charge is 0.0838 e. The summed E-state index contributed by atoms with van der Waals surface area (Å²) in [6.07, 6.45) is 5.69. The van der Waals surface area contributed by atoms with E-state index >= 15 is 0 Å². The van der Waals surface area contributed by atoms with Crippen molar-refractivity contribution < 1.29 is 5.11 Å². The van der Waals surface area contributed by atoms with Crippen molar-refractivity contribution in [1.82, 2.24) is 0 Å². The summed E-state index contributed by atoms with van der Waals surface area (Å²) in [7, 11) is 0. The molecule has 1 unspecified atom stereocenters. The Morgan fingerprint density at radius 2 is 1.94 bits per heavy atom. The minimum Gasteiger partial charge on any atom is -0.398 e. The molecule has 1 aromatic rings. The number of aliphatic hydroxyl groups is 1. The molecule has 3 N–H and O–H groups in total. The largest absolute Gasteiger partial charge is 0.398 e. The second-order valence-electron chi connectivity index (χ2n) is 4.98. The van der Waals surface area contributed by atoms with Crippen molar-refractivity contribution in [2.45, 2.75) is 45.1 Å². The molecule has 88 valence electrons. The topological polar surface area (TPSA) is 46.2 Å². The second kappa shape index (κ2) is 4.88. The molecule has 1 fully saturated rings. The van der Waals surface area contributed by atoms with E-state index in [1.807, 2.05) is 25.1 Å². The van der Waals surface area contributed by atoms with Crippen molar-refractivity contribution in [3.05, 3.63) is 29.3 Å². The Bertz CT molecular complexity index is 356. The highest BCUT2D eigenvalue weighted by Crippen LogP contribution is 2.36. The maximum Gasteiger partial charge on any atom is 0.0838 e. The summed E-state index contributed by atoms with van der Waals surface area (Å²) in [6.45, 7) is 2.02. The third kappa shape index (κ3) is 2.38. The fraction of sp³-hybridized carbons (Fsp3) is 0.571. The first kappa shape index (κ1) is 11.5. The first-order valence-electron chi connectivity index (χ1n) is 6.22. The van der Waals surface area contributed by atoms with Crippen LogP contribution in [-0.2, 0) is 0 Å². The molecule has 0 aliphatic heterocycles. The van der Waals surface area contributed by atoms with Crippen LogP contribution in [0.1, 0.15) is 49.3 Å². The molecule has 0 bridgehead atoms. The predicted molar refractivity (Wildman–Crippen MR) is 67.1 cm³/mol. The number of aryl methyl sites for hydroxylation is 1. The number of nitrogens with two attached hydrogens (primary N) is 1. The van der Waals surface area contributed by atoms with Crippen LogP contribution in [0.5, 0.6) is 0 Å². The van der Waals surface area contributed by atoms with Gasteiger partial charge in [0.2, 0.25) is 0 Å². The molecule has 0 radical (unpaired) electrons. The van der Waals surface area contributed by atoms with Crippen molar-refractivity contribution in [3.63, 3.8) is 0 Å². The molecule has 2 nitrogen and oxygen atoms in total. The van der Waals surface area contributed by atoms with E-state index in [4.69, 9.17) is 5.73 Å². The molecule has 2 rings (SSSR count). The normalized spacial score (nSPS) is 19.6. The lowest BCUT2D eigenvalue weighted by Gasteiger charge is -2.27. The van der Waals surface area contributed by atoms with E-state index in [-0.39, 0.29) is 6.10 Å². The minimum absolute atomic E-state index is 0.374. The number of anilines is 1. The lowest BCUT2D eigenvalue weighted by Crippen LogP contribution is -2.17. The van der Waals surface area contributed by atoms with Crippen molar-refractivity contribution >= 4 is 5.69 Å². The lowest BCUT2D eigenvalue weighted by molar-refractivity contribution is 0.0854. The quantitative estimate of drug-likeness (QED) is 0.750. The zero-order valence-corrected chi connectivity index (χ0v) is 9.95. The zero-order valence-electron chi connectivity index (χ0n) is 9.95. The van der Waals surface area contributed by atoms with Gasteiger partial charge in [-0.1, -0.05) is 31.4 Å². The van der Waals surface area contributed by atoms with Crippen LogP contribution in [0.4, 0.5) is 5.69 Å². The van der Waals surface area contributed by atoms with Crippen LogP contribution < -0.4 is 5.73 Å². The minimum atomic E-state index is -0.374. The molecular weight excluding hydrogens is 198 g/mol. The summed E-state index contributed by atoms with van der Waals surface area (Å²) < 4.78 is 0. The van der Waals surface area contributed by atoms with Crippen LogP contribution in [0.15, 0.2) is 18.2 Å². The van der Waals surface area contributed by atoms with Crippen LogP contribution in [0.25, 0.3) is 0 Å². The molecule has 1 saturated carbocycles. The van der Waals surface area contributed by atoms with E-state index in [1.54, 1.807) is 0 Å². The standard InChI is InChI=1S/C14H21NO/c1-10-7-8-12(13(15)9-10)14(16)11-5-3-2-4-6-11/h7-9,11,14,16H,2-6,15H2,1H3. The Morgan fingerprint density at radius 3 is 2.56 bits per heavy atom. The Labute approximate surface area is 97.5 Å². The third-order valence-corrected chi connectivity index (χ3v) is 3.66. The fourth-order valence-electron chi connectivity index (χ4n) is 2.67. The van der Waals surface area contributed by atoms with E-state index in [9.17, 15) is 5.11 Å². The molecule has 1 aliphatic carbocycles. The van der Waals surface area contributed by atoms with Crippen LogP contribution in [-0.4, -0.2) is 5.11 Å². The van der Waals surface area contributed by atoms with Gasteiger partial charge < -0.3 is 10.8 Å². The van der Waals surface area contributed by atoms with E-state index < -0.39 is 0 Å². The van der Waals surface area contributed by atoms with Gasteiger partial charge in [0.05, 0.1) is 6.10 Å². The SMILES string of the molecule is Cc1ccc(C(O)C2CCCCC2)c(N)c1. The molecule has 0 spiro atoms. The number of hydrogen-bond acceptors (Lipinski definition) is 2. The molecule has 1 aliphatic rings. The molecule has 16 heavy (non-hydrogen) atoms. The van der Waals surface area contributed by atoms with Crippen molar-refractivity contribution in [1.29, 1.82) is 0 Å². The average Bonchev–Trinajstić information content (AvgIpc) is 2.29. The summed E-state index contributed by atoms with van der Waals surface area (Å²) in [4.78, 5) is 0. The maximum atomic E-state index is 10.3. The molecule has 0 saturated heterocycles. The van der Waals surface area contributed by atoms with E-state index in [0.29, 0.717) is 5.92 Å². The summed E-state index contributed by atoms with van der Waals surface area (Å²) in [5, 5.41) is 10.3. The first-order valence-corrected chi connectivity index (χ1v) is 6.22. The first-order chi connectivity index (χ1) is 7.68. The van der Waals surface area contributed by atoms with Gasteiger partial charge in [0.1, 0.15) is 0 Å². The Balaban J connectivity index is 2.15. The molecule has 0 amide bonds. The number of hydrogen-bond donors (Lipinski definition) is 2. The summed E-state index contributed by atoms with van der Waals surface area (Å²) in [6, 6.07) is 5.95. The van der Waals surface area contributed by atoms with E-state index in [2.05, 4.69) is 0 Å². The van der Waals surface area contributed by atoms with Gasteiger partial charge in [0.25, 0.3) is 0 Å². The Kier molecular flexibility index (Phi) is 3.49. The highest BCUT2D eigenvalue weighted by molar-refractivity contribution is 5.50. The van der Waals surface area contributed by atoms with Gasteiger partial charge in [0.15, 0.2) is 0 Å². The van der Waals surface area contributed by atoms with Crippen molar-refractivity contribution in [2.24, 2.45) is 5.92 Å². The maximum absolute atomic E-state index is 10.3. The highest BCUT2D eigenvalue weighted by Gasteiger charge is 2.24. The third-order valence-electron chi connectivity index (χ3n) is 3.66. The second-order valence-corrected chi connectivity index (χ2v) is 4.98. The van der Waals surface area contributed by atoms with E-state index in [1.165, 1.54) is 19.3 Å². The molecule has 0 aromatic heterocycles. The van der Waals surface area contributed by atoms with E-state index in [0.717, 1.165) is 29.7 Å². The van der Waals surface area contributed by atoms with Crippen molar-refractivity contribution in [3.8, 4) is 0 Å². The van der Waals surface area contributed by atoms with Crippen molar-refractivity contribution in [2.75, 3.05) is 5.73 Å². The van der Waals surface area contributed by atoms with Crippen LogP contribution in [0.2, 0.25) is 0 Å². The van der Waals surface area contributed by atoms with Gasteiger partial charge in [-0.25, -0.2) is 0 Å². The molecule has 0 heterocycles. The van der Waals surface area contributed by atoms with Gasteiger partial charge in [-0.15, -0.1) is 0 Å². The average molecular weight is 219 g/mol. The number of benzene rings is 1. The summed E-state index contributed by atoms with van der Waals surface area (Å²) in [5.74, 6) is 0.402. The van der Waals surface area contributed by atoms with Gasteiger partial charge in [-0.2, -0.15) is 0 Å². The zero-order chi connectivity index (χ0) is 11.5. The summed E-state index contributed by atoms with van der Waals surface area (Å²) >= 11 is 0. The van der Waals surface area contributed by atoms with Crippen LogP contribution in [0.3, 0.4) is 0 Å².